The summed E-state index contributed by atoms with van der Waals surface area (Å²) in [6, 6.07) is 0.513. The number of nitrogens with zero attached hydrogens (tertiary/aromatic N) is 1. The second kappa shape index (κ2) is 6.02. The van der Waals surface area contributed by atoms with Crippen molar-refractivity contribution in [3.63, 3.8) is 0 Å². The van der Waals surface area contributed by atoms with Crippen molar-refractivity contribution in [1.82, 2.24) is 4.90 Å². The normalized spacial score (nSPS) is 15.9. The Morgan fingerprint density at radius 3 is 2.07 bits per heavy atom. The maximum absolute atomic E-state index is 10.8. The SMILES string of the molecule is CCCN(C(C)C)C(C)C(C)C(=O)O. The van der Waals surface area contributed by atoms with Crippen molar-refractivity contribution in [2.45, 2.75) is 53.1 Å². The van der Waals surface area contributed by atoms with Crippen molar-refractivity contribution in [2.24, 2.45) is 5.92 Å². The van der Waals surface area contributed by atoms with Crippen LogP contribution in [0.4, 0.5) is 0 Å². The van der Waals surface area contributed by atoms with E-state index >= 15 is 0 Å². The van der Waals surface area contributed by atoms with Gasteiger partial charge in [0.2, 0.25) is 0 Å². The molecule has 0 aromatic carbocycles. The van der Waals surface area contributed by atoms with Crippen molar-refractivity contribution in [3.05, 3.63) is 0 Å². The molecular weight excluding hydrogens is 178 g/mol. The second-order valence-corrected chi connectivity index (χ2v) is 4.20. The fourth-order valence-corrected chi connectivity index (χ4v) is 1.68. The van der Waals surface area contributed by atoms with Gasteiger partial charge in [-0.1, -0.05) is 13.8 Å². The van der Waals surface area contributed by atoms with E-state index in [4.69, 9.17) is 5.11 Å². The summed E-state index contributed by atoms with van der Waals surface area (Å²) in [6.45, 7) is 11.1. The molecule has 1 N–H and O–H groups in total. The second-order valence-electron chi connectivity index (χ2n) is 4.20. The van der Waals surface area contributed by atoms with Gasteiger partial charge < -0.3 is 5.11 Å². The predicted octanol–water partition coefficient (Wildman–Crippen LogP) is 2.22. The minimum absolute atomic E-state index is 0.104. The van der Waals surface area contributed by atoms with Gasteiger partial charge in [0.25, 0.3) is 0 Å². The Hall–Kier alpha value is -0.570. The van der Waals surface area contributed by atoms with Crippen LogP contribution in [0, 0.1) is 5.92 Å². The predicted molar refractivity (Wildman–Crippen MR) is 58.4 cm³/mol. The first-order chi connectivity index (χ1) is 6.41. The molecule has 0 radical (unpaired) electrons. The molecule has 0 aliphatic rings. The number of rotatable bonds is 6. The summed E-state index contributed by atoms with van der Waals surface area (Å²) in [6.07, 6.45) is 1.06. The molecule has 2 atom stereocenters. The molecule has 0 spiro atoms. The molecule has 0 rings (SSSR count). The lowest BCUT2D eigenvalue weighted by Crippen LogP contribution is -2.44. The Kier molecular flexibility index (Phi) is 5.77. The molecule has 14 heavy (non-hydrogen) atoms. The molecule has 84 valence electrons. The van der Waals surface area contributed by atoms with Gasteiger partial charge in [0.15, 0.2) is 0 Å². The summed E-state index contributed by atoms with van der Waals surface area (Å²) in [5.41, 5.74) is 0. The van der Waals surface area contributed by atoms with Crippen molar-refractivity contribution < 1.29 is 9.90 Å². The Morgan fingerprint density at radius 1 is 1.29 bits per heavy atom. The van der Waals surface area contributed by atoms with E-state index in [-0.39, 0.29) is 12.0 Å². The van der Waals surface area contributed by atoms with Crippen molar-refractivity contribution in [2.75, 3.05) is 6.54 Å². The van der Waals surface area contributed by atoms with Crippen LogP contribution in [0.15, 0.2) is 0 Å². The van der Waals surface area contributed by atoms with E-state index in [2.05, 4.69) is 25.7 Å². The Balaban J connectivity index is 4.41. The molecule has 0 aromatic rings. The summed E-state index contributed by atoms with van der Waals surface area (Å²) >= 11 is 0. The number of carboxylic acid groups (broad SMARTS) is 1. The van der Waals surface area contributed by atoms with E-state index in [9.17, 15) is 4.79 Å². The van der Waals surface area contributed by atoms with Crippen LogP contribution in [0.5, 0.6) is 0 Å². The molecule has 0 amide bonds. The fourth-order valence-electron chi connectivity index (χ4n) is 1.68. The van der Waals surface area contributed by atoms with E-state index in [1.165, 1.54) is 0 Å². The highest BCUT2D eigenvalue weighted by Crippen LogP contribution is 2.14. The van der Waals surface area contributed by atoms with Gasteiger partial charge in [0.05, 0.1) is 5.92 Å². The quantitative estimate of drug-likeness (QED) is 0.716. The van der Waals surface area contributed by atoms with Crippen LogP contribution < -0.4 is 0 Å². The topological polar surface area (TPSA) is 40.5 Å². The molecule has 0 saturated carbocycles. The summed E-state index contributed by atoms with van der Waals surface area (Å²) < 4.78 is 0. The van der Waals surface area contributed by atoms with Crippen LogP contribution in [-0.2, 0) is 4.79 Å². The average Bonchev–Trinajstić information content (AvgIpc) is 2.11. The average molecular weight is 201 g/mol. The molecule has 3 nitrogen and oxygen atoms in total. The molecule has 2 unspecified atom stereocenters. The number of carbonyl (C=O) groups is 1. The van der Waals surface area contributed by atoms with E-state index in [1.54, 1.807) is 6.92 Å². The highest BCUT2D eigenvalue weighted by molar-refractivity contribution is 5.70. The van der Waals surface area contributed by atoms with Crippen LogP contribution in [0.25, 0.3) is 0 Å². The molecule has 0 bridgehead atoms. The standard InChI is InChI=1S/C11H23NO2/c1-6-7-12(8(2)3)10(5)9(4)11(13)14/h8-10H,6-7H2,1-5H3,(H,13,14). The molecule has 0 aliphatic heterocycles. The van der Waals surface area contributed by atoms with Crippen molar-refractivity contribution in [3.8, 4) is 0 Å². The number of hydrogen-bond acceptors (Lipinski definition) is 2. The molecule has 0 heterocycles. The lowest BCUT2D eigenvalue weighted by atomic mass is 10.0. The Labute approximate surface area is 87.1 Å². The molecular formula is C11H23NO2. The smallest absolute Gasteiger partial charge is 0.307 e. The van der Waals surface area contributed by atoms with Gasteiger partial charge in [-0.25, -0.2) is 0 Å². The first kappa shape index (κ1) is 13.4. The van der Waals surface area contributed by atoms with Gasteiger partial charge in [-0.3, -0.25) is 9.69 Å². The lowest BCUT2D eigenvalue weighted by Gasteiger charge is -2.34. The van der Waals surface area contributed by atoms with Crippen LogP contribution in [0.2, 0.25) is 0 Å². The monoisotopic (exact) mass is 201 g/mol. The molecule has 0 aromatic heterocycles. The van der Waals surface area contributed by atoms with E-state index < -0.39 is 5.97 Å². The zero-order valence-corrected chi connectivity index (χ0v) is 9.95. The fraction of sp³-hybridized carbons (Fsp3) is 0.909. The van der Waals surface area contributed by atoms with Gasteiger partial charge in [0, 0.05) is 12.1 Å². The van der Waals surface area contributed by atoms with E-state index in [0.29, 0.717) is 6.04 Å². The van der Waals surface area contributed by atoms with E-state index in [1.807, 2.05) is 6.92 Å². The van der Waals surface area contributed by atoms with Gasteiger partial charge in [-0.05, 0) is 33.7 Å². The van der Waals surface area contributed by atoms with Crippen LogP contribution in [-0.4, -0.2) is 34.6 Å². The lowest BCUT2D eigenvalue weighted by molar-refractivity contribution is -0.143. The van der Waals surface area contributed by atoms with Gasteiger partial charge in [-0.15, -0.1) is 0 Å². The minimum atomic E-state index is -0.709. The summed E-state index contributed by atoms with van der Waals surface area (Å²) in [5.74, 6) is -1.01. The van der Waals surface area contributed by atoms with Crippen LogP contribution >= 0.6 is 0 Å². The van der Waals surface area contributed by atoms with Gasteiger partial charge in [-0.2, -0.15) is 0 Å². The highest BCUT2D eigenvalue weighted by atomic mass is 16.4. The highest BCUT2D eigenvalue weighted by Gasteiger charge is 2.26. The zero-order valence-electron chi connectivity index (χ0n) is 9.95. The zero-order chi connectivity index (χ0) is 11.3. The summed E-state index contributed by atoms with van der Waals surface area (Å²) in [4.78, 5) is 13.1. The van der Waals surface area contributed by atoms with Gasteiger partial charge in [0.1, 0.15) is 0 Å². The molecule has 0 aliphatic carbocycles. The number of hydrogen-bond donors (Lipinski definition) is 1. The third-order valence-electron chi connectivity index (χ3n) is 2.78. The number of carboxylic acids is 1. The molecule has 0 fully saturated rings. The van der Waals surface area contributed by atoms with Crippen LogP contribution in [0.1, 0.15) is 41.0 Å². The van der Waals surface area contributed by atoms with Crippen LogP contribution in [0.3, 0.4) is 0 Å². The Bertz CT molecular complexity index is 180. The Morgan fingerprint density at radius 2 is 1.79 bits per heavy atom. The van der Waals surface area contributed by atoms with Crippen molar-refractivity contribution in [1.29, 1.82) is 0 Å². The summed E-state index contributed by atoms with van der Waals surface area (Å²) in [5, 5.41) is 8.92. The van der Waals surface area contributed by atoms with Crippen molar-refractivity contribution >= 4 is 5.97 Å². The first-order valence-electron chi connectivity index (χ1n) is 5.40. The van der Waals surface area contributed by atoms with E-state index in [0.717, 1.165) is 13.0 Å². The maximum atomic E-state index is 10.8. The minimum Gasteiger partial charge on any atom is -0.481 e. The molecule has 0 saturated heterocycles. The summed E-state index contributed by atoms with van der Waals surface area (Å²) in [7, 11) is 0. The third kappa shape index (κ3) is 3.66. The maximum Gasteiger partial charge on any atom is 0.307 e. The number of aliphatic carboxylic acids is 1. The molecule has 3 heteroatoms. The first-order valence-corrected chi connectivity index (χ1v) is 5.40. The largest absolute Gasteiger partial charge is 0.481 e. The van der Waals surface area contributed by atoms with Gasteiger partial charge >= 0.3 is 5.97 Å². The third-order valence-corrected chi connectivity index (χ3v) is 2.78.